The van der Waals surface area contributed by atoms with Crippen molar-refractivity contribution in [2.45, 2.75) is 0 Å². The Kier molecular flexibility index (Phi) is 2.42. The Labute approximate surface area is 99.0 Å². The molecule has 0 atom stereocenters. The van der Waals surface area contributed by atoms with Gasteiger partial charge in [0.1, 0.15) is 3.70 Å². The Hall–Kier alpha value is -0.000000000000000111. The molecule has 1 aromatic heterocycles. The molecule has 0 saturated heterocycles. The summed E-state index contributed by atoms with van der Waals surface area (Å²) in [4.78, 5) is 0. The van der Waals surface area contributed by atoms with Crippen LogP contribution in [0.2, 0.25) is 10.0 Å². The fraction of sp³-hybridized carbons (Fsp3) is 0.125. The molecule has 13 heavy (non-hydrogen) atoms. The molecular formula is C8H5Cl2IN2. The summed E-state index contributed by atoms with van der Waals surface area (Å²) in [6.07, 6.45) is 0. The van der Waals surface area contributed by atoms with Gasteiger partial charge in [0, 0.05) is 12.1 Å². The highest BCUT2D eigenvalue weighted by molar-refractivity contribution is 14.1. The van der Waals surface area contributed by atoms with Crippen molar-refractivity contribution in [2.24, 2.45) is 7.05 Å². The van der Waals surface area contributed by atoms with E-state index >= 15 is 0 Å². The summed E-state index contributed by atoms with van der Waals surface area (Å²) in [6.45, 7) is 0. The molecular weight excluding hydrogens is 322 g/mol. The van der Waals surface area contributed by atoms with Crippen LogP contribution >= 0.6 is 45.8 Å². The summed E-state index contributed by atoms with van der Waals surface area (Å²) in [5, 5.41) is 6.51. The lowest BCUT2D eigenvalue weighted by Gasteiger charge is -1.97. The standard InChI is InChI=1S/C8H5Cl2IN2/c1-13-6-3-4(9)2-5(10)7(6)8(11)12-13/h2-3H,1H3. The third-order valence-electron chi connectivity index (χ3n) is 1.83. The Morgan fingerprint density at radius 2 is 2.08 bits per heavy atom. The first kappa shape index (κ1) is 9.55. The van der Waals surface area contributed by atoms with Crippen molar-refractivity contribution in [2.75, 3.05) is 0 Å². The summed E-state index contributed by atoms with van der Waals surface area (Å²) < 4.78 is 2.67. The van der Waals surface area contributed by atoms with Crippen molar-refractivity contribution in [1.29, 1.82) is 0 Å². The van der Waals surface area contributed by atoms with E-state index in [1.54, 1.807) is 10.7 Å². The number of rotatable bonds is 0. The number of fused-ring (bicyclic) bond motifs is 1. The van der Waals surface area contributed by atoms with Crippen molar-refractivity contribution in [3.05, 3.63) is 25.9 Å². The third-order valence-corrected chi connectivity index (χ3v) is 3.10. The van der Waals surface area contributed by atoms with E-state index in [1.165, 1.54) is 0 Å². The quantitative estimate of drug-likeness (QED) is 0.678. The predicted molar refractivity (Wildman–Crippen MR) is 63.5 cm³/mol. The van der Waals surface area contributed by atoms with Crippen LogP contribution in [0, 0.1) is 3.70 Å². The Morgan fingerprint density at radius 3 is 2.77 bits per heavy atom. The van der Waals surface area contributed by atoms with Crippen molar-refractivity contribution in [3.8, 4) is 0 Å². The molecule has 0 amide bonds. The SMILES string of the molecule is Cn1nc(I)c2c(Cl)cc(Cl)cc21. The minimum atomic E-state index is 0.636. The topological polar surface area (TPSA) is 17.8 Å². The molecule has 0 bridgehead atoms. The fourth-order valence-corrected chi connectivity index (χ4v) is 2.88. The van der Waals surface area contributed by atoms with Gasteiger partial charge in [0.2, 0.25) is 0 Å². The second kappa shape index (κ2) is 3.29. The lowest BCUT2D eigenvalue weighted by atomic mass is 10.2. The van der Waals surface area contributed by atoms with Gasteiger partial charge in [-0.15, -0.1) is 0 Å². The van der Waals surface area contributed by atoms with Crippen LogP contribution in [0.25, 0.3) is 10.9 Å². The molecule has 0 N–H and O–H groups in total. The van der Waals surface area contributed by atoms with Crippen LogP contribution < -0.4 is 0 Å². The Bertz CT molecular complexity index is 478. The van der Waals surface area contributed by atoms with Crippen LogP contribution in [0.4, 0.5) is 0 Å². The molecule has 0 aliphatic carbocycles. The average molecular weight is 327 g/mol. The summed E-state index contributed by atoms with van der Waals surface area (Å²) >= 11 is 14.1. The number of aromatic nitrogens is 2. The molecule has 5 heteroatoms. The summed E-state index contributed by atoms with van der Waals surface area (Å²) in [5.74, 6) is 0. The highest BCUT2D eigenvalue weighted by Crippen LogP contribution is 2.30. The zero-order chi connectivity index (χ0) is 9.59. The molecule has 2 rings (SSSR count). The van der Waals surface area contributed by atoms with E-state index in [4.69, 9.17) is 23.2 Å². The highest BCUT2D eigenvalue weighted by Gasteiger charge is 2.10. The van der Waals surface area contributed by atoms with Gasteiger partial charge in [-0.1, -0.05) is 23.2 Å². The van der Waals surface area contributed by atoms with E-state index in [9.17, 15) is 0 Å². The fourth-order valence-electron chi connectivity index (χ4n) is 1.26. The van der Waals surface area contributed by atoms with E-state index in [0.29, 0.717) is 10.0 Å². The average Bonchev–Trinajstić information content (AvgIpc) is 2.27. The van der Waals surface area contributed by atoms with Crippen molar-refractivity contribution in [3.63, 3.8) is 0 Å². The lowest BCUT2D eigenvalue weighted by molar-refractivity contribution is 0.787. The zero-order valence-corrected chi connectivity index (χ0v) is 10.4. The number of benzene rings is 1. The maximum absolute atomic E-state index is 6.04. The molecule has 0 spiro atoms. The number of hydrogen-bond acceptors (Lipinski definition) is 1. The zero-order valence-electron chi connectivity index (χ0n) is 6.68. The van der Waals surface area contributed by atoms with E-state index in [-0.39, 0.29) is 0 Å². The summed E-state index contributed by atoms with van der Waals surface area (Å²) in [5.41, 5.74) is 0.960. The van der Waals surface area contributed by atoms with Gasteiger partial charge in [-0.05, 0) is 34.7 Å². The largest absolute Gasteiger partial charge is 0.267 e. The molecule has 0 aliphatic heterocycles. The second-order valence-electron chi connectivity index (χ2n) is 2.70. The Morgan fingerprint density at radius 1 is 1.38 bits per heavy atom. The molecule has 0 saturated carbocycles. The molecule has 1 heterocycles. The van der Waals surface area contributed by atoms with Gasteiger partial charge in [-0.3, -0.25) is 4.68 Å². The van der Waals surface area contributed by atoms with Gasteiger partial charge in [-0.25, -0.2) is 0 Å². The first-order chi connectivity index (χ1) is 6.09. The maximum atomic E-state index is 6.04. The minimum absolute atomic E-state index is 0.636. The lowest BCUT2D eigenvalue weighted by Crippen LogP contribution is -1.88. The molecule has 0 aliphatic rings. The first-order valence-corrected chi connectivity index (χ1v) is 5.40. The number of aryl methyl sites for hydroxylation is 1. The molecule has 68 valence electrons. The monoisotopic (exact) mass is 326 g/mol. The van der Waals surface area contributed by atoms with Gasteiger partial charge in [0.05, 0.1) is 15.9 Å². The van der Waals surface area contributed by atoms with E-state index < -0.39 is 0 Å². The van der Waals surface area contributed by atoms with E-state index in [2.05, 4.69) is 27.7 Å². The normalized spacial score (nSPS) is 11.1. The third kappa shape index (κ3) is 1.53. The van der Waals surface area contributed by atoms with Gasteiger partial charge < -0.3 is 0 Å². The molecule has 0 unspecified atom stereocenters. The van der Waals surface area contributed by atoms with Crippen LogP contribution in [0.3, 0.4) is 0 Å². The van der Waals surface area contributed by atoms with Crippen molar-refractivity contribution >= 4 is 56.7 Å². The van der Waals surface area contributed by atoms with Crippen LogP contribution in [-0.2, 0) is 7.05 Å². The number of nitrogens with zero attached hydrogens (tertiary/aromatic N) is 2. The van der Waals surface area contributed by atoms with Crippen molar-refractivity contribution in [1.82, 2.24) is 9.78 Å². The molecule has 1 aromatic carbocycles. The van der Waals surface area contributed by atoms with Crippen LogP contribution in [0.15, 0.2) is 12.1 Å². The number of hydrogen-bond donors (Lipinski definition) is 0. The van der Waals surface area contributed by atoms with Crippen LogP contribution in [0.5, 0.6) is 0 Å². The van der Waals surface area contributed by atoms with Gasteiger partial charge in [-0.2, -0.15) is 5.10 Å². The second-order valence-corrected chi connectivity index (χ2v) is 4.56. The minimum Gasteiger partial charge on any atom is -0.267 e. The van der Waals surface area contributed by atoms with Gasteiger partial charge in [0.25, 0.3) is 0 Å². The van der Waals surface area contributed by atoms with Crippen LogP contribution in [-0.4, -0.2) is 9.78 Å². The van der Waals surface area contributed by atoms with E-state index in [0.717, 1.165) is 14.6 Å². The predicted octanol–water partition coefficient (Wildman–Crippen LogP) is 3.48. The summed E-state index contributed by atoms with van der Waals surface area (Å²) in [6, 6.07) is 3.59. The molecule has 2 nitrogen and oxygen atoms in total. The first-order valence-electron chi connectivity index (χ1n) is 3.57. The Balaban J connectivity index is 2.97. The molecule has 0 fully saturated rings. The smallest absolute Gasteiger partial charge is 0.132 e. The van der Waals surface area contributed by atoms with Crippen molar-refractivity contribution < 1.29 is 0 Å². The molecule has 0 radical (unpaired) electrons. The molecule has 2 aromatic rings. The van der Waals surface area contributed by atoms with E-state index in [1.807, 2.05) is 13.1 Å². The summed E-state index contributed by atoms with van der Waals surface area (Å²) in [7, 11) is 1.87. The van der Waals surface area contributed by atoms with Gasteiger partial charge in [0.15, 0.2) is 0 Å². The number of halogens is 3. The van der Waals surface area contributed by atoms with Gasteiger partial charge >= 0.3 is 0 Å². The highest BCUT2D eigenvalue weighted by atomic mass is 127. The maximum Gasteiger partial charge on any atom is 0.132 e. The van der Waals surface area contributed by atoms with Crippen LogP contribution in [0.1, 0.15) is 0 Å².